The summed E-state index contributed by atoms with van der Waals surface area (Å²) >= 11 is 0. The molecule has 1 aliphatic heterocycles. The Morgan fingerprint density at radius 1 is 0.914 bits per heavy atom. The van der Waals surface area contributed by atoms with Crippen molar-refractivity contribution in [3.8, 4) is 11.1 Å². The normalized spacial score (nSPS) is 18.1. The SMILES string of the molecule is CN1CCN(Cc2cc(C(Nc3cc4cc(-c5cnn(C)c5)ccc4cn3)C3CC3)ccn2)CC1. The van der Waals surface area contributed by atoms with Crippen molar-refractivity contribution in [2.24, 2.45) is 13.0 Å². The van der Waals surface area contributed by atoms with Gasteiger partial charge in [-0.2, -0.15) is 5.10 Å². The number of fused-ring (bicyclic) bond motifs is 1. The van der Waals surface area contributed by atoms with E-state index in [9.17, 15) is 0 Å². The van der Waals surface area contributed by atoms with Gasteiger partial charge in [-0.1, -0.05) is 12.1 Å². The van der Waals surface area contributed by atoms with Crippen molar-refractivity contribution in [2.45, 2.75) is 25.4 Å². The average molecular weight is 468 g/mol. The number of rotatable bonds is 7. The van der Waals surface area contributed by atoms with Crippen molar-refractivity contribution in [1.29, 1.82) is 0 Å². The Morgan fingerprint density at radius 2 is 1.77 bits per heavy atom. The molecule has 2 aliphatic rings. The van der Waals surface area contributed by atoms with Crippen LogP contribution in [0.2, 0.25) is 0 Å². The third kappa shape index (κ3) is 5.06. The molecule has 35 heavy (non-hydrogen) atoms. The van der Waals surface area contributed by atoms with E-state index in [-0.39, 0.29) is 6.04 Å². The highest BCUT2D eigenvalue weighted by molar-refractivity contribution is 5.88. The Bertz CT molecular complexity index is 1320. The van der Waals surface area contributed by atoms with Gasteiger partial charge in [-0.15, -0.1) is 0 Å². The van der Waals surface area contributed by atoms with Crippen molar-refractivity contribution in [3.63, 3.8) is 0 Å². The van der Waals surface area contributed by atoms with Crippen molar-refractivity contribution < 1.29 is 0 Å². The van der Waals surface area contributed by atoms with Gasteiger partial charge in [-0.3, -0.25) is 14.6 Å². The molecule has 1 unspecified atom stereocenters. The van der Waals surface area contributed by atoms with Crippen molar-refractivity contribution in [3.05, 3.63) is 72.4 Å². The van der Waals surface area contributed by atoms with Crippen LogP contribution in [0.3, 0.4) is 0 Å². The smallest absolute Gasteiger partial charge is 0.127 e. The molecular weight excluding hydrogens is 434 g/mol. The van der Waals surface area contributed by atoms with Crippen LogP contribution in [0.25, 0.3) is 21.9 Å². The molecule has 1 aromatic carbocycles. The van der Waals surface area contributed by atoms with Gasteiger partial charge in [0.1, 0.15) is 5.82 Å². The highest BCUT2D eigenvalue weighted by Gasteiger charge is 2.33. The van der Waals surface area contributed by atoms with Gasteiger partial charge in [-0.05, 0) is 66.6 Å². The van der Waals surface area contributed by atoms with Crippen LogP contribution in [-0.4, -0.2) is 62.8 Å². The minimum absolute atomic E-state index is 0.260. The van der Waals surface area contributed by atoms with E-state index < -0.39 is 0 Å². The summed E-state index contributed by atoms with van der Waals surface area (Å²) in [7, 11) is 4.15. The number of likely N-dealkylation sites (N-methyl/N-ethyl adjacent to an activating group) is 1. The summed E-state index contributed by atoms with van der Waals surface area (Å²) in [6, 6.07) is 13.4. The zero-order chi connectivity index (χ0) is 23.8. The Labute approximate surface area is 206 Å². The largest absolute Gasteiger partial charge is 0.363 e. The molecule has 1 saturated carbocycles. The quantitative estimate of drug-likeness (QED) is 0.436. The molecular formula is C28H33N7. The zero-order valence-electron chi connectivity index (χ0n) is 20.6. The van der Waals surface area contributed by atoms with Gasteiger partial charge in [-0.25, -0.2) is 4.98 Å². The molecule has 1 saturated heterocycles. The van der Waals surface area contributed by atoms with Crippen molar-refractivity contribution in [1.82, 2.24) is 29.5 Å². The number of nitrogens with one attached hydrogen (secondary N) is 1. The van der Waals surface area contributed by atoms with Gasteiger partial charge in [0.25, 0.3) is 0 Å². The molecule has 0 amide bonds. The number of aryl methyl sites for hydroxylation is 1. The van der Waals surface area contributed by atoms with Crippen LogP contribution >= 0.6 is 0 Å². The van der Waals surface area contributed by atoms with Crippen LogP contribution < -0.4 is 5.32 Å². The summed E-state index contributed by atoms with van der Waals surface area (Å²) in [4.78, 5) is 14.4. The zero-order valence-corrected chi connectivity index (χ0v) is 20.6. The molecule has 3 aromatic heterocycles. The third-order valence-corrected chi connectivity index (χ3v) is 7.34. The summed E-state index contributed by atoms with van der Waals surface area (Å²) in [5.74, 6) is 1.57. The van der Waals surface area contributed by atoms with Crippen molar-refractivity contribution in [2.75, 3.05) is 38.5 Å². The topological polar surface area (TPSA) is 62.1 Å². The van der Waals surface area contributed by atoms with E-state index >= 15 is 0 Å². The lowest BCUT2D eigenvalue weighted by molar-refractivity contribution is 0.147. The maximum atomic E-state index is 4.76. The van der Waals surface area contributed by atoms with E-state index in [0.717, 1.165) is 55.2 Å². The first-order chi connectivity index (χ1) is 17.1. The minimum Gasteiger partial charge on any atom is -0.363 e. The van der Waals surface area contributed by atoms with Crippen molar-refractivity contribution >= 4 is 16.6 Å². The number of hydrogen-bond acceptors (Lipinski definition) is 6. The summed E-state index contributed by atoms with van der Waals surface area (Å²) in [6.07, 6.45) is 10.4. The van der Waals surface area contributed by atoms with Crippen LogP contribution in [-0.2, 0) is 13.6 Å². The second-order valence-electron chi connectivity index (χ2n) is 10.2. The van der Waals surface area contributed by atoms with Gasteiger partial charge in [0.15, 0.2) is 0 Å². The molecule has 2 fully saturated rings. The molecule has 1 atom stereocenters. The van der Waals surface area contributed by atoms with Gasteiger partial charge in [0, 0.05) is 69.3 Å². The molecule has 6 rings (SSSR count). The second kappa shape index (κ2) is 9.40. The molecule has 180 valence electrons. The van der Waals surface area contributed by atoms with Crippen LogP contribution in [0.5, 0.6) is 0 Å². The Morgan fingerprint density at radius 3 is 2.54 bits per heavy atom. The fourth-order valence-electron chi connectivity index (χ4n) is 5.04. The molecule has 1 aliphatic carbocycles. The van der Waals surface area contributed by atoms with E-state index in [1.807, 2.05) is 36.5 Å². The lowest BCUT2D eigenvalue weighted by Gasteiger charge is -2.32. The van der Waals surface area contributed by atoms with Gasteiger partial charge in [0.05, 0.1) is 17.9 Å². The second-order valence-corrected chi connectivity index (χ2v) is 10.2. The first-order valence-electron chi connectivity index (χ1n) is 12.6. The fourth-order valence-corrected chi connectivity index (χ4v) is 5.04. The minimum atomic E-state index is 0.260. The van der Waals surface area contributed by atoms with Crippen LogP contribution in [0.15, 0.2) is 61.2 Å². The van der Waals surface area contributed by atoms with Gasteiger partial charge >= 0.3 is 0 Å². The first-order valence-corrected chi connectivity index (χ1v) is 12.6. The number of piperazine rings is 1. The van der Waals surface area contributed by atoms with Gasteiger partial charge in [0.2, 0.25) is 0 Å². The van der Waals surface area contributed by atoms with E-state index in [1.54, 1.807) is 0 Å². The van der Waals surface area contributed by atoms with Crippen LogP contribution in [0.1, 0.15) is 30.1 Å². The van der Waals surface area contributed by atoms with E-state index in [1.165, 1.54) is 29.4 Å². The number of hydrogen-bond donors (Lipinski definition) is 1. The Hall–Kier alpha value is -3.29. The third-order valence-electron chi connectivity index (χ3n) is 7.34. The molecule has 1 N–H and O–H groups in total. The monoisotopic (exact) mass is 467 g/mol. The fraction of sp³-hybridized carbons (Fsp3) is 0.393. The molecule has 4 aromatic rings. The number of pyridine rings is 2. The van der Waals surface area contributed by atoms with Crippen LogP contribution in [0.4, 0.5) is 5.82 Å². The highest BCUT2D eigenvalue weighted by Crippen LogP contribution is 2.43. The highest BCUT2D eigenvalue weighted by atomic mass is 15.2. The number of anilines is 1. The molecule has 4 heterocycles. The summed E-state index contributed by atoms with van der Waals surface area (Å²) in [5.41, 5.74) is 4.77. The van der Waals surface area contributed by atoms with Crippen LogP contribution in [0, 0.1) is 5.92 Å². The predicted molar refractivity (Wildman–Crippen MR) is 140 cm³/mol. The first kappa shape index (κ1) is 22.2. The average Bonchev–Trinajstić information content (AvgIpc) is 3.63. The predicted octanol–water partition coefficient (Wildman–Crippen LogP) is 4.34. The van der Waals surface area contributed by atoms with E-state index in [4.69, 9.17) is 9.97 Å². The summed E-state index contributed by atoms with van der Waals surface area (Å²) in [5, 5.41) is 10.4. The number of benzene rings is 1. The summed E-state index contributed by atoms with van der Waals surface area (Å²) in [6.45, 7) is 5.39. The molecule has 7 heteroatoms. The Kier molecular flexibility index (Phi) is 5.96. The number of aromatic nitrogens is 4. The maximum absolute atomic E-state index is 4.76. The molecule has 0 bridgehead atoms. The van der Waals surface area contributed by atoms with Gasteiger partial charge < -0.3 is 10.2 Å². The maximum Gasteiger partial charge on any atom is 0.127 e. The molecule has 0 spiro atoms. The number of nitrogens with zero attached hydrogens (tertiary/aromatic N) is 6. The summed E-state index contributed by atoms with van der Waals surface area (Å²) < 4.78 is 1.84. The molecule has 0 radical (unpaired) electrons. The van der Waals surface area contributed by atoms with E-state index in [2.05, 4.69) is 63.7 Å². The lowest BCUT2D eigenvalue weighted by atomic mass is 10.0. The standard InChI is InChI=1S/C28H33N7/c1-33-9-11-35(12-10-33)19-26-14-22(7-8-29-26)28(20-3-4-20)32-27-15-24-13-21(5-6-23(24)16-30-27)25-17-31-34(2)18-25/h5-8,13-18,20,28H,3-4,9-12,19H2,1-2H3,(H,30,32). The van der Waals surface area contributed by atoms with E-state index in [0.29, 0.717) is 5.92 Å². The lowest BCUT2D eigenvalue weighted by Crippen LogP contribution is -2.44. The molecule has 7 nitrogen and oxygen atoms in total. The Balaban J connectivity index is 1.23.